The van der Waals surface area contributed by atoms with Gasteiger partial charge in [0.1, 0.15) is 23.1 Å². The number of halogens is 1. The van der Waals surface area contributed by atoms with Gasteiger partial charge in [0.2, 0.25) is 0 Å². The molecule has 0 aliphatic rings. The van der Waals surface area contributed by atoms with E-state index in [0.29, 0.717) is 4.90 Å². The normalized spacial score (nSPS) is 12.7. The van der Waals surface area contributed by atoms with Gasteiger partial charge in [0.15, 0.2) is 0 Å². The third-order valence-electron chi connectivity index (χ3n) is 4.04. The number of nitrogens with zero attached hydrogens (tertiary/aromatic N) is 1. The first-order valence-electron chi connectivity index (χ1n) is 9.64. The Bertz CT molecular complexity index is 779. The number of hydrogen-bond acceptors (Lipinski definition) is 6. The van der Waals surface area contributed by atoms with Crippen LogP contribution in [0.5, 0.6) is 0 Å². The predicted octanol–water partition coefficient (Wildman–Crippen LogP) is 4.70. The van der Waals surface area contributed by atoms with Crippen LogP contribution in [-0.2, 0) is 25.4 Å². The lowest BCUT2D eigenvalue weighted by molar-refractivity contribution is -0.146. The molecule has 0 radical (unpaired) electrons. The average Bonchev–Trinajstić information content (AvgIpc) is 2.54. The van der Waals surface area contributed by atoms with Crippen LogP contribution in [0.3, 0.4) is 0 Å². The second-order valence-electron chi connectivity index (χ2n) is 9.10. The van der Waals surface area contributed by atoms with Gasteiger partial charge in [0, 0.05) is 6.42 Å². The summed E-state index contributed by atoms with van der Waals surface area (Å²) in [4.78, 5) is 38.8. The first kappa shape index (κ1) is 25.4. The number of benzene rings is 1. The second-order valence-corrected chi connectivity index (χ2v) is 9.10. The SMILES string of the molecule is COC(=O)[C@H](Cc1cc(C)c(C)cc1[18F])N(C(=O)OC(C)(C)C)C(=O)OC(C)(C)C. The van der Waals surface area contributed by atoms with Crippen LogP contribution in [0, 0.1) is 19.7 Å². The standard InChI is InChI=1S/C22H32FNO6/c1-13-10-15(16(23)11-14(13)2)12-17(18(25)28-9)24(19(26)29-21(3,4)5)20(27)30-22(6,7)8/h10-11,17H,12H2,1-9H3/t17-/m0/s1/i23-1. The summed E-state index contributed by atoms with van der Waals surface area (Å²) < 4.78 is 30.0. The molecular formula is C22H32FNO6. The molecule has 7 nitrogen and oxygen atoms in total. The van der Waals surface area contributed by atoms with Crippen molar-refractivity contribution in [2.75, 3.05) is 7.11 Å². The van der Waals surface area contributed by atoms with E-state index in [-0.39, 0.29) is 12.0 Å². The second kappa shape index (κ2) is 9.45. The highest BCUT2D eigenvalue weighted by atomic mass is 18.2. The summed E-state index contributed by atoms with van der Waals surface area (Å²) in [6.07, 6.45) is -2.47. The van der Waals surface area contributed by atoms with Gasteiger partial charge in [-0.15, -0.1) is 0 Å². The van der Waals surface area contributed by atoms with Gasteiger partial charge >= 0.3 is 18.2 Å². The molecule has 0 aliphatic heterocycles. The molecule has 0 saturated heterocycles. The van der Waals surface area contributed by atoms with Gasteiger partial charge in [-0.1, -0.05) is 6.07 Å². The maximum atomic E-state index is 14.6. The molecule has 0 fully saturated rings. The maximum Gasteiger partial charge on any atom is 0.420 e. The van der Waals surface area contributed by atoms with Crippen LogP contribution in [0.15, 0.2) is 12.1 Å². The Labute approximate surface area is 177 Å². The van der Waals surface area contributed by atoms with Crippen molar-refractivity contribution in [1.82, 2.24) is 4.90 Å². The van der Waals surface area contributed by atoms with Crippen LogP contribution in [0.4, 0.5) is 14.0 Å². The molecule has 30 heavy (non-hydrogen) atoms. The largest absolute Gasteiger partial charge is 0.467 e. The number of amides is 2. The number of ether oxygens (including phenoxy) is 3. The van der Waals surface area contributed by atoms with Crippen LogP contribution < -0.4 is 0 Å². The highest BCUT2D eigenvalue weighted by molar-refractivity contribution is 5.94. The minimum absolute atomic E-state index is 0.158. The van der Waals surface area contributed by atoms with E-state index in [1.54, 1.807) is 61.5 Å². The Morgan fingerprint density at radius 2 is 1.37 bits per heavy atom. The van der Waals surface area contributed by atoms with Crippen molar-refractivity contribution in [3.63, 3.8) is 0 Å². The molecule has 1 aromatic carbocycles. The zero-order valence-electron chi connectivity index (χ0n) is 19.2. The number of carbonyl (C=O) groups excluding carboxylic acids is 3. The molecule has 8 heteroatoms. The highest BCUT2D eigenvalue weighted by Crippen LogP contribution is 2.22. The number of esters is 1. The van der Waals surface area contributed by atoms with Gasteiger partial charge < -0.3 is 14.2 Å². The molecule has 0 unspecified atom stereocenters. The first-order valence-corrected chi connectivity index (χ1v) is 9.64. The number of methoxy groups -OCH3 is 1. The average molecular weight is 424 g/mol. The lowest BCUT2D eigenvalue weighted by atomic mass is 9.99. The molecule has 1 atom stereocenters. The molecule has 1 aromatic rings. The smallest absolute Gasteiger partial charge is 0.420 e. The van der Waals surface area contributed by atoms with E-state index in [4.69, 9.17) is 14.2 Å². The summed E-state index contributed by atoms with van der Waals surface area (Å²) in [5.41, 5.74) is -0.184. The summed E-state index contributed by atoms with van der Waals surface area (Å²) in [6, 6.07) is 1.43. The Balaban J connectivity index is 3.46. The van der Waals surface area contributed by atoms with E-state index in [1.165, 1.54) is 6.07 Å². The maximum absolute atomic E-state index is 14.6. The van der Waals surface area contributed by atoms with Gasteiger partial charge in [-0.2, -0.15) is 4.90 Å². The zero-order chi connectivity index (χ0) is 23.4. The van der Waals surface area contributed by atoms with Crippen molar-refractivity contribution < 1.29 is 33.0 Å². The zero-order valence-corrected chi connectivity index (χ0v) is 19.2. The Hall–Kier alpha value is -2.64. The van der Waals surface area contributed by atoms with Crippen LogP contribution in [0.2, 0.25) is 0 Å². The van der Waals surface area contributed by atoms with Gasteiger partial charge in [-0.3, -0.25) is 0 Å². The van der Waals surface area contributed by atoms with E-state index >= 15 is 0 Å². The topological polar surface area (TPSA) is 82.1 Å². The van der Waals surface area contributed by atoms with E-state index < -0.39 is 41.2 Å². The molecule has 0 aliphatic carbocycles. The van der Waals surface area contributed by atoms with E-state index in [0.717, 1.165) is 18.2 Å². The summed E-state index contributed by atoms with van der Waals surface area (Å²) in [6.45, 7) is 13.3. The molecule has 1 rings (SSSR count). The highest BCUT2D eigenvalue weighted by Gasteiger charge is 2.41. The fourth-order valence-electron chi connectivity index (χ4n) is 2.57. The third-order valence-corrected chi connectivity index (χ3v) is 4.04. The van der Waals surface area contributed by atoms with Gasteiger partial charge in [0.05, 0.1) is 7.11 Å². The van der Waals surface area contributed by atoms with E-state index in [9.17, 15) is 18.8 Å². The van der Waals surface area contributed by atoms with Crippen molar-refractivity contribution in [1.29, 1.82) is 0 Å². The van der Waals surface area contributed by atoms with Crippen LogP contribution in [-0.4, -0.2) is 47.4 Å². The van der Waals surface area contributed by atoms with Crippen LogP contribution in [0.25, 0.3) is 0 Å². The predicted molar refractivity (Wildman–Crippen MR) is 110 cm³/mol. The third kappa shape index (κ3) is 7.31. The molecule has 0 N–H and O–H groups in total. The molecule has 0 spiro atoms. The summed E-state index contributed by atoms with van der Waals surface area (Å²) >= 11 is 0. The van der Waals surface area contributed by atoms with Crippen molar-refractivity contribution in [3.05, 3.63) is 34.6 Å². The molecule has 0 saturated carbocycles. The monoisotopic (exact) mass is 424 g/mol. The van der Waals surface area contributed by atoms with Gasteiger partial charge in [-0.25, -0.2) is 18.8 Å². The lowest BCUT2D eigenvalue weighted by Crippen LogP contribution is -2.53. The quantitative estimate of drug-likeness (QED) is 0.515. The molecule has 2 amide bonds. The van der Waals surface area contributed by atoms with Crippen LogP contribution >= 0.6 is 0 Å². The Kier molecular flexibility index (Phi) is 8.00. The van der Waals surface area contributed by atoms with Crippen LogP contribution in [0.1, 0.15) is 58.2 Å². The van der Waals surface area contributed by atoms with Crippen molar-refractivity contribution in [2.24, 2.45) is 0 Å². The summed E-state index contributed by atoms with van der Waals surface area (Å²) in [7, 11) is 1.12. The minimum atomic E-state index is -1.48. The first-order chi connectivity index (χ1) is 13.6. The fraction of sp³-hybridized carbons (Fsp3) is 0.591. The fourth-order valence-corrected chi connectivity index (χ4v) is 2.57. The molecule has 168 valence electrons. The summed E-state index contributed by atoms with van der Waals surface area (Å²) in [5.74, 6) is -1.45. The number of carbonyl (C=O) groups is 3. The molecular weight excluding hydrogens is 392 g/mol. The number of hydrogen-bond donors (Lipinski definition) is 0. The van der Waals surface area contributed by atoms with Crippen molar-refractivity contribution in [2.45, 2.75) is 79.1 Å². The van der Waals surface area contributed by atoms with Crippen molar-refractivity contribution in [3.8, 4) is 0 Å². The molecule has 0 heterocycles. The number of imide groups is 1. The van der Waals surface area contributed by atoms with Gasteiger partial charge in [-0.05, 0) is 78.1 Å². The van der Waals surface area contributed by atoms with Crippen molar-refractivity contribution >= 4 is 18.2 Å². The number of aryl methyl sites for hydroxylation is 2. The van der Waals surface area contributed by atoms with E-state index in [2.05, 4.69) is 0 Å². The summed E-state index contributed by atoms with van der Waals surface area (Å²) in [5, 5.41) is 0. The Morgan fingerprint density at radius 1 is 0.933 bits per heavy atom. The lowest BCUT2D eigenvalue weighted by Gasteiger charge is -2.32. The van der Waals surface area contributed by atoms with Gasteiger partial charge in [0.25, 0.3) is 0 Å². The Morgan fingerprint density at radius 3 is 1.77 bits per heavy atom. The molecule has 0 bridgehead atoms. The minimum Gasteiger partial charge on any atom is -0.467 e. The molecule has 0 aromatic heterocycles. The van der Waals surface area contributed by atoms with E-state index in [1.807, 2.05) is 0 Å². The number of rotatable bonds is 4.